The Kier molecular flexibility index (Phi) is 5.41. The van der Waals surface area contributed by atoms with Crippen molar-refractivity contribution in [1.82, 2.24) is 0 Å². The van der Waals surface area contributed by atoms with Crippen molar-refractivity contribution in [3.05, 3.63) is 24.3 Å². The molecule has 0 radical (unpaired) electrons. The third-order valence-corrected chi connectivity index (χ3v) is 3.46. The Labute approximate surface area is 119 Å². The highest BCUT2D eigenvalue weighted by molar-refractivity contribution is 7.92. The van der Waals surface area contributed by atoms with Gasteiger partial charge in [-0.05, 0) is 31.2 Å². The molecule has 0 spiro atoms. The molecule has 0 aliphatic heterocycles. The van der Waals surface area contributed by atoms with Crippen LogP contribution in [0.3, 0.4) is 0 Å². The van der Waals surface area contributed by atoms with Gasteiger partial charge in [0, 0.05) is 11.4 Å². The maximum atomic E-state index is 11.8. The minimum Gasteiger partial charge on any atom is -0.440 e. The highest BCUT2D eigenvalue weighted by atomic mass is 32.2. The number of hydrogen-bond acceptors (Lipinski definition) is 4. The van der Waals surface area contributed by atoms with Gasteiger partial charge in [0.15, 0.2) is 6.61 Å². The Morgan fingerprint density at radius 3 is 2.19 bits per heavy atom. The fraction of sp³-hybridized carbons (Fsp3) is 0.364. The molecule has 0 bridgehead atoms. The van der Waals surface area contributed by atoms with E-state index in [1.807, 2.05) is 0 Å². The van der Waals surface area contributed by atoms with Crippen LogP contribution in [0.2, 0.25) is 0 Å². The molecule has 21 heavy (non-hydrogen) atoms. The Morgan fingerprint density at radius 2 is 1.71 bits per heavy atom. The predicted octanol–water partition coefficient (Wildman–Crippen LogP) is 2.56. The van der Waals surface area contributed by atoms with Gasteiger partial charge in [-0.2, -0.15) is 13.2 Å². The summed E-state index contributed by atoms with van der Waals surface area (Å²) in [5, 5.41) is 2.08. The zero-order chi connectivity index (χ0) is 16.1. The van der Waals surface area contributed by atoms with Gasteiger partial charge in [-0.25, -0.2) is 13.2 Å². The molecule has 1 amide bonds. The van der Waals surface area contributed by atoms with E-state index in [1.54, 1.807) is 0 Å². The SMILES string of the molecule is CCS(=O)(=O)Nc1ccc(NC(=O)OCC(F)(F)F)cc1. The molecule has 0 saturated carbocycles. The molecule has 0 saturated heterocycles. The molecule has 2 N–H and O–H groups in total. The molecule has 0 aliphatic rings. The van der Waals surface area contributed by atoms with Gasteiger partial charge in [-0.1, -0.05) is 0 Å². The topological polar surface area (TPSA) is 84.5 Å². The van der Waals surface area contributed by atoms with Crippen LogP contribution in [0.25, 0.3) is 0 Å². The largest absolute Gasteiger partial charge is 0.440 e. The number of benzene rings is 1. The summed E-state index contributed by atoms with van der Waals surface area (Å²) < 4.78 is 64.3. The van der Waals surface area contributed by atoms with Crippen LogP contribution < -0.4 is 10.0 Å². The van der Waals surface area contributed by atoms with Crippen LogP contribution in [0.1, 0.15) is 6.92 Å². The number of ether oxygens (including phenoxy) is 1. The molecule has 1 aromatic rings. The lowest BCUT2D eigenvalue weighted by Crippen LogP contribution is -2.23. The van der Waals surface area contributed by atoms with Crippen LogP contribution in [-0.2, 0) is 14.8 Å². The summed E-state index contributed by atoms with van der Waals surface area (Å²) in [6.45, 7) is -0.220. The van der Waals surface area contributed by atoms with Gasteiger partial charge >= 0.3 is 12.3 Å². The fourth-order valence-corrected chi connectivity index (χ4v) is 1.81. The molecule has 10 heteroatoms. The molecule has 0 aliphatic carbocycles. The molecule has 0 atom stereocenters. The lowest BCUT2D eigenvalue weighted by atomic mass is 10.3. The average molecular weight is 326 g/mol. The van der Waals surface area contributed by atoms with Gasteiger partial charge in [0.1, 0.15) is 0 Å². The van der Waals surface area contributed by atoms with Crippen LogP contribution in [0, 0.1) is 0 Å². The van der Waals surface area contributed by atoms with Crippen molar-refractivity contribution in [1.29, 1.82) is 0 Å². The zero-order valence-electron chi connectivity index (χ0n) is 10.9. The first-order valence-corrected chi connectivity index (χ1v) is 7.37. The monoisotopic (exact) mass is 326 g/mol. The van der Waals surface area contributed by atoms with Crippen molar-refractivity contribution >= 4 is 27.5 Å². The number of anilines is 2. The molecular formula is C11H13F3N2O4S. The van der Waals surface area contributed by atoms with Crippen LogP contribution >= 0.6 is 0 Å². The van der Waals surface area contributed by atoms with E-state index >= 15 is 0 Å². The van der Waals surface area contributed by atoms with E-state index in [9.17, 15) is 26.4 Å². The molecule has 6 nitrogen and oxygen atoms in total. The molecule has 0 unspecified atom stereocenters. The summed E-state index contributed by atoms with van der Waals surface area (Å²) in [4.78, 5) is 11.1. The molecule has 0 fully saturated rings. The molecular weight excluding hydrogens is 313 g/mol. The van der Waals surface area contributed by atoms with Crippen molar-refractivity contribution in [3.8, 4) is 0 Å². The van der Waals surface area contributed by atoms with Gasteiger partial charge < -0.3 is 4.74 Å². The second-order valence-corrected chi connectivity index (χ2v) is 5.91. The summed E-state index contributed by atoms with van der Waals surface area (Å²) in [6, 6.07) is 5.35. The highest BCUT2D eigenvalue weighted by Crippen LogP contribution is 2.17. The second kappa shape index (κ2) is 6.66. The van der Waals surface area contributed by atoms with Gasteiger partial charge in [-0.15, -0.1) is 0 Å². The molecule has 1 aromatic carbocycles. The van der Waals surface area contributed by atoms with Gasteiger partial charge in [-0.3, -0.25) is 10.0 Å². The minimum atomic E-state index is -4.60. The third-order valence-electron chi connectivity index (χ3n) is 2.15. The van der Waals surface area contributed by atoms with E-state index in [0.29, 0.717) is 0 Å². The third kappa shape index (κ3) is 6.84. The molecule has 1 rings (SSSR count). The van der Waals surface area contributed by atoms with Crippen molar-refractivity contribution < 1.29 is 31.1 Å². The lowest BCUT2D eigenvalue weighted by molar-refractivity contribution is -0.159. The van der Waals surface area contributed by atoms with Gasteiger partial charge in [0.05, 0.1) is 5.75 Å². The van der Waals surface area contributed by atoms with Crippen LogP contribution in [0.5, 0.6) is 0 Å². The second-order valence-electron chi connectivity index (χ2n) is 3.90. The number of alkyl halides is 3. The van der Waals surface area contributed by atoms with Crippen molar-refractivity contribution in [3.63, 3.8) is 0 Å². The van der Waals surface area contributed by atoms with E-state index in [-0.39, 0.29) is 17.1 Å². The smallest absolute Gasteiger partial charge is 0.422 e. The average Bonchev–Trinajstić information content (AvgIpc) is 2.38. The fourth-order valence-electron chi connectivity index (χ4n) is 1.17. The van der Waals surface area contributed by atoms with Crippen LogP contribution in [0.4, 0.5) is 29.3 Å². The number of halogens is 3. The Balaban J connectivity index is 2.57. The Bertz CT molecular complexity index is 584. The maximum Gasteiger partial charge on any atom is 0.422 e. The lowest BCUT2D eigenvalue weighted by Gasteiger charge is -2.10. The summed E-state index contributed by atoms with van der Waals surface area (Å²) in [6.07, 6.45) is -5.85. The van der Waals surface area contributed by atoms with E-state index in [2.05, 4.69) is 14.8 Å². The number of rotatable bonds is 5. The summed E-state index contributed by atoms with van der Waals surface area (Å²) in [5.74, 6) is -0.100. The first kappa shape index (κ1) is 17.1. The van der Waals surface area contributed by atoms with E-state index < -0.39 is 28.9 Å². The molecule has 0 heterocycles. The summed E-state index contributed by atoms with van der Waals surface area (Å²) >= 11 is 0. The molecule has 0 aromatic heterocycles. The first-order valence-electron chi connectivity index (χ1n) is 5.72. The number of nitrogens with one attached hydrogen (secondary N) is 2. The minimum absolute atomic E-state index is 0.100. The zero-order valence-corrected chi connectivity index (χ0v) is 11.7. The standard InChI is InChI=1S/C11H13F3N2O4S/c1-2-21(18,19)16-9-5-3-8(4-6-9)15-10(17)20-7-11(12,13)14/h3-6,16H,2,7H2,1H3,(H,15,17). The Hall–Kier alpha value is -1.97. The number of sulfonamides is 1. The number of carbonyl (C=O) groups is 1. The van der Waals surface area contributed by atoms with E-state index in [1.165, 1.54) is 31.2 Å². The maximum absolute atomic E-state index is 11.8. The van der Waals surface area contributed by atoms with Gasteiger partial charge in [0.2, 0.25) is 10.0 Å². The predicted molar refractivity (Wildman–Crippen MR) is 70.6 cm³/mol. The van der Waals surface area contributed by atoms with Crippen molar-refractivity contribution in [2.24, 2.45) is 0 Å². The summed E-state index contributed by atoms with van der Waals surface area (Å²) in [5.41, 5.74) is 0.438. The number of carbonyl (C=O) groups excluding carboxylic acids is 1. The van der Waals surface area contributed by atoms with E-state index in [0.717, 1.165) is 0 Å². The number of amides is 1. The van der Waals surface area contributed by atoms with Crippen molar-refractivity contribution in [2.45, 2.75) is 13.1 Å². The highest BCUT2D eigenvalue weighted by Gasteiger charge is 2.29. The quantitative estimate of drug-likeness (QED) is 0.871. The first-order chi connectivity index (χ1) is 9.61. The number of hydrogen-bond donors (Lipinski definition) is 2. The normalized spacial score (nSPS) is 11.8. The van der Waals surface area contributed by atoms with Crippen LogP contribution in [-0.4, -0.2) is 33.0 Å². The van der Waals surface area contributed by atoms with E-state index in [4.69, 9.17) is 0 Å². The van der Waals surface area contributed by atoms with Crippen LogP contribution in [0.15, 0.2) is 24.3 Å². The molecule has 118 valence electrons. The Morgan fingerprint density at radius 1 is 1.19 bits per heavy atom. The van der Waals surface area contributed by atoms with Gasteiger partial charge in [0.25, 0.3) is 0 Å². The van der Waals surface area contributed by atoms with Crippen molar-refractivity contribution in [2.75, 3.05) is 22.4 Å². The summed E-state index contributed by atoms with van der Waals surface area (Å²) in [7, 11) is -3.42.